The summed E-state index contributed by atoms with van der Waals surface area (Å²) in [5.74, 6) is 0. The minimum Gasteiger partial charge on any atom is -0.323 e. The summed E-state index contributed by atoms with van der Waals surface area (Å²) in [6.45, 7) is 3.49. The molecule has 4 nitrogen and oxygen atoms in total. The smallest absolute Gasteiger partial charge is 0.323 e. The van der Waals surface area contributed by atoms with Crippen LogP contribution in [0.5, 0.6) is 0 Å². The second kappa shape index (κ2) is 3.09. The third kappa shape index (κ3) is 1.45. The Morgan fingerprint density at radius 3 is 2.55 bits per heavy atom. The second-order valence-corrected chi connectivity index (χ2v) is 2.59. The third-order valence-electron chi connectivity index (χ3n) is 1.69. The molecule has 5 heteroatoms. The summed E-state index contributed by atoms with van der Waals surface area (Å²) in [6.07, 6.45) is 0. The molecule has 0 N–H and O–H groups in total. The lowest BCUT2D eigenvalue weighted by molar-refractivity contribution is 0.195. The maximum Gasteiger partial charge on any atom is 0.327 e. The number of imide groups is 1. The van der Waals surface area contributed by atoms with E-state index in [1.54, 1.807) is 4.90 Å². The monoisotopic (exact) mass is 176 g/mol. The van der Waals surface area contributed by atoms with Gasteiger partial charge >= 0.3 is 11.4 Å². The highest BCUT2D eigenvalue weighted by Gasteiger charge is 2.30. The van der Waals surface area contributed by atoms with Gasteiger partial charge in [-0.2, -0.15) is 0 Å². The van der Waals surface area contributed by atoms with E-state index in [0.717, 1.165) is 4.90 Å². The highest BCUT2D eigenvalue weighted by atomic mass is 35.5. The Kier molecular flexibility index (Phi) is 2.34. The van der Waals surface area contributed by atoms with E-state index in [0.29, 0.717) is 19.6 Å². The van der Waals surface area contributed by atoms with Gasteiger partial charge in [0.25, 0.3) is 0 Å². The van der Waals surface area contributed by atoms with E-state index in [2.05, 4.69) is 0 Å². The number of amides is 3. The summed E-state index contributed by atoms with van der Waals surface area (Å²) < 4.78 is 0. The van der Waals surface area contributed by atoms with E-state index in [1.165, 1.54) is 0 Å². The van der Waals surface area contributed by atoms with Crippen LogP contribution in [0.3, 0.4) is 0 Å². The molecule has 0 aromatic carbocycles. The number of halogens is 1. The average Bonchev–Trinajstić information content (AvgIpc) is 2.30. The van der Waals surface area contributed by atoms with Crippen molar-refractivity contribution in [3.8, 4) is 0 Å². The topological polar surface area (TPSA) is 40.6 Å². The fraction of sp³-hybridized carbons (Fsp3) is 0.667. The van der Waals surface area contributed by atoms with Crippen LogP contribution in [-0.4, -0.2) is 40.8 Å². The van der Waals surface area contributed by atoms with Crippen LogP contribution < -0.4 is 0 Å². The van der Waals surface area contributed by atoms with Crippen molar-refractivity contribution < 1.29 is 9.59 Å². The van der Waals surface area contributed by atoms with Crippen molar-refractivity contribution in [2.24, 2.45) is 0 Å². The van der Waals surface area contributed by atoms with E-state index in [4.69, 9.17) is 11.6 Å². The van der Waals surface area contributed by atoms with Gasteiger partial charge in [0.05, 0.1) is 0 Å². The maximum atomic E-state index is 11.1. The number of likely N-dealkylation sites (N-methyl/N-ethyl adjacent to an activating group) is 1. The Morgan fingerprint density at radius 2 is 2.27 bits per heavy atom. The zero-order chi connectivity index (χ0) is 8.43. The van der Waals surface area contributed by atoms with Gasteiger partial charge in [0, 0.05) is 19.6 Å². The molecule has 0 aromatic rings. The molecule has 62 valence electrons. The van der Waals surface area contributed by atoms with Crippen molar-refractivity contribution in [2.45, 2.75) is 6.92 Å². The molecule has 0 atom stereocenters. The van der Waals surface area contributed by atoms with Gasteiger partial charge in [-0.05, 0) is 18.5 Å². The zero-order valence-corrected chi connectivity index (χ0v) is 6.97. The summed E-state index contributed by atoms with van der Waals surface area (Å²) in [7, 11) is 0. The molecule has 0 bridgehead atoms. The molecule has 0 spiro atoms. The van der Waals surface area contributed by atoms with E-state index in [-0.39, 0.29) is 6.03 Å². The lowest BCUT2D eigenvalue weighted by Crippen LogP contribution is -2.33. The fourth-order valence-electron chi connectivity index (χ4n) is 1.04. The van der Waals surface area contributed by atoms with E-state index in [1.807, 2.05) is 6.92 Å². The van der Waals surface area contributed by atoms with Gasteiger partial charge in [-0.3, -0.25) is 4.79 Å². The van der Waals surface area contributed by atoms with Gasteiger partial charge < -0.3 is 4.90 Å². The maximum absolute atomic E-state index is 11.1. The SMILES string of the molecule is CCN1CCN(C(=O)Cl)C1=O. The molecular weight excluding hydrogens is 168 g/mol. The molecule has 3 amide bonds. The first-order valence-corrected chi connectivity index (χ1v) is 3.80. The first-order chi connectivity index (χ1) is 5.16. The average molecular weight is 177 g/mol. The van der Waals surface area contributed by atoms with Crippen LogP contribution in [-0.2, 0) is 0 Å². The number of rotatable bonds is 1. The lowest BCUT2D eigenvalue weighted by Gasteiger charge is -2.12. The molecule has 1 saturated heterocycles. The number of carbonyl (C=O) groups is 2. The van der Waals surface area contributed by atoms with Crippen LogP contribution in [0.25, 0.3) is 0 Å². The van der Waals surface area contributed by atoms with Gasteiger partial charge in [-0.15, -0.1) is 0 Å². The Balaban J connectivity index is 2.63. The number of nitrogens with zero attached hydrogens (tertiary/aromatic N) is 2. The molecule has 1 aliphatic rings. The number of carbonyl (C=O) groups excluding carboxylic acids is 2. The first kappa shape index (κ1) is 8.33. The molecule has 0 aliphatic carbocycles. The Hall–Kier alpha value is -0.770. The van der Waals surface area contributed by atoms with Gasteiger partial charge in [0.15, 0.2) is 0 Å². The number of hydrogen-bond acceptors (Lipinski definition) is 2. The van der Waals surface area contributed by atoms with Gasteiger partial charge in [0.1, 0.15) is 0 Å². The lowest BCUT2D eigenvalue weighted by atomic mass is 10.6. The highest BCUT2D eigenvalue weighted by Crippen LogP contribution is 2.09. The molecule has 1 heterocycles. The molecule has 1 fully saturated rings. The normalized spacial score (nSPS) is 17.8. The quantitative estimate of drug-likeness (QED) is 0.444. The van der Waals surface area contributed by atoms with Crippen molar-refractivity contribution in [1.82, 2.24) is 9.80 Å². The van der Waals surface area contributed by atoms with Crippen molar-refractivity contribution >= 4 is 23.0 Å². The third-order valence-corrected chi connectivity index (χ3v) is 1.89. The summed E-state index contributed by atoms with van der Waals surface area (Å²) in [6, 6.07) is -0.285. The van der Waals surface area contributed by atoms with Crippen LogP contribution in [0.2, 0.25) is 0 Å². The number of urea groups is 1. The molecule has 0 radical (unpaired) electrons. The van der Waals surface area contributed by atoms with Crippen LogP contribution in [0.1, 0.15) is 6.92 Å². The van der Waals surface area contributed by atoms with Gasteiger partial charge in [0.2, 0.25) is 0 Å². The van der Waals surface area contributed by atoms with Crippen LogP contribution in [0.15, 0.2) is 0 Å². The van der Waals surface area contributed by atoms with Gasteiger partial charge in [-0.1, -0.05) is 0 Å². The molecule has 0 saturated carbocycles. The zero-order valence-electron chi connectivity index (χ0n) is 6.21. The molecule has 1 rings (SSSR count). The Labute approximate surface area is 69.7 Å². The molecule has 1 aliphatic heterocycles. The minimum absolute atomic E-state index is 0.285. The first-order valence-electron chi connectivity index (χ1n) is 3.42. The summed E-state index contributed by atoms with van der Waals surface area (Å²) in [5, 5.41) is -0.689. The largest absolute Gasteiger partial charge is 0.327 e. The minimum atomic E-state index is -0.689. The fourth-order valence-corrected chi connectivity index (χ4v) is 1.20. The predicted octanol–water partition coefficient (Wildman–Crippen LogP) is 1.10. The predicted molar refractivity (Wildman–Crippen MR) is 40.6 cm³/mol. The molecule has 0 unspecified atom stereocenters. The van der Waals surface area contributed by atoms with Gasteiger partial charge in [-0.25, -0.2) is 9.69 Å². The van der Waals surface area contributed by atoms with Crippen LogP contribution in [0, 0.1) is 0 Å². The highest BCUT2D eigenvalue weighted by molar-refractivity contribution is 6.64. The van der Waals surface area contributed by atoms with Crippen molar-refractivity contribution in [1.29, 1.82) is 0 Å². The van der Waals surface area contributed by atoms with Crippen molar-refractivity contribution in [3.05, 3.63) is 0 Å². The summed E-state index contributed by atoms with van der Waals surface area (Å²) in [4.78, 5) is 24.3. The Morgan fingerprint density at radius 1 is 1.64 bits per heavy atom. The standard InChI is InChI=1S/C6H9ClN2O2/c1-2-8-3-4-9(5(7)10)6(8)11/h2-4H2,1H3. The van der Waals surface area contributed by atoms with Crippen molar-refractivity contribution in [2.75, 3.05) is 19.6 Å². The molecule has 11 heavy (non-hydrogen) atoms. The summed E-state index contributed by atoms with van der Waals surface area (Å²) in [5.41, 5.74) is 0. The van der Waals surface area contributed by atoms with Crippen LogP contribution >= 0.6 is 11.6 Å². The van der Waals surface area contributed by atoms with E-state index in [9.17, 15) is 9.59 Å². The van der Waals surface area contributed by atoms with E-state index >= 15 is 0 Å². The number of hydrogen-bond donors (Lipinski definition) is 0. The summed E-state index contributed by atoms with van der Waals surface area (Å²) >= 11 is 5.14. The van der Waals surface area contributed by atoms with E-state index < -0.39 is 5.37 Å². The molecular formula is C6H9ClN2O2. The van der Waals surface area contributed by atoms with Crippen LogP contribution in [0.4, 0.5) is 9.59 Å². The molecule has 0 aromatic heterocycles. The Bertz CT molecular complexity index is 195. The second-order valence-electron chi connectivity index (χ2n) is 2.27. The van der Waals surface area contributed by atoms with Crippen molar-refractivity contribution in [3.63, 3.8) is 0 Å².